The lowest BCUT2D eigenvalue weighted by Crippen LogP contribution is -2.41. The molecule has 1 aliphatic rings. The summed E-state index contributed by atoms with van der Waals surface area (Å²) >= 11 is 1.69. The number of aryl methyl sites for hydroxylation is 1. The third-order valence-corrected chi connectivity index (χ3v) is 6.44. The largest absolute Gasteiger partial charge is 0.340 e. The number of thiazole rings is 1. The quantitative estimate of drug-likeness (QED) is 0.495. The van der Waals surface area contributed by atoms with Crippen molar-refractivity contribution in [1.29, 1.82) is 0 Å². The van der Waals surface area contributed by atoms with Crippen LogP contribution >= 0.6 is 11.3 Å². The molecule has 28 heavy (non-hydrogen) atoms. The molecule has 3 heterocycles. The molecule has 4 rings (SSSR count). The fraction of sp³-hybridized carbons (Fsp3) is 0.421. The number of hydrogen-bond acceptors (Lipinski definition) is 6. The van der Waals surface area contributed by atoms with E-state index in [1.807, 2.05) is 23.1 Å². The number of aromatic nitrogens is 3. The first-order chi connectivity index (χ1) is 13.4. The average molecular weight is 399 g/mol. The van der Waals surface area contributed by atoms with Gasteiger partial charge in [0.1, 0.15) is 17.9 Å². The van der Waals surface area contributed by atoms with Crippen molar-refractivity contribution in [3.63, 3.8) is 0 Å². The number of piperidine rings is 1. The van der Waals surface area contributed by atoms with Gasteiger partial charge in [-0.1, -0.05) is 12.1 Å². The Morgan fingerprint density at radius 2 is 2.14 bits per heavy atom. The highest BCUT2D eigenvalue weighted by molar-refractivity contribution is 7.18. The van der Waals surface area contributed by atoms with Gasteiger partial charge in [0.05, 0.1) is 20.1 Å². The van der Waals surface area contributed by atoms with Crippen LogP contribution in [-0.2, 0) is 11.3 Å². The number of fused-ring (bicyclic) bond motifs is 1. The highest BCUT2D eigenvalue weighted by Crippen LogP contribution is 2.33. The molecule has 1 fully saturated rings. The molecule has 0 spiro atoms. The van der Waals surface area contributed by atoms with Gasteiger partial charge in [0, 0.05) is 19.0 Å². The van der Waals surface area contributed by atoms with Crippen LogP contribution in [0.3, 0.4) is 0 Å². The van der Waals surface area contributed by atoms with Gasteiger partial charge in [-0.05, 0) is 38.8 Å². The van der Waals surface area contributed by atoms with E-state index in [4.69, 9.17) is 4.98 Å². The van der Waals surface area contributed by atoms with Crippen molar-refractivity contribution in [1.82, 2.24) is 19.7 Å². The number of amides is 1. The van der Waals surface area contributed by atoms with Crippen LogP contribution in [0.4, 0.5) is 5.69 Å². The predicted molar refractivity (Wildman–Crippen MR) is 107 cm³/mol. The maximum Gasteiger partial charge on any atom is 0.312 e. The van der Waals surface area contributed by atoms with Crippen LogP contribution in [0.25, 0.3) is 10.2 Å². The summed E-state index contributed by atoms with van der Waals surface area (Å²) in [7, 11) is 0. The number of para-hydroxylation sites is 1. The molecular formula is C19H21N5O3S. The van der Waals surface area contributed by atoms with Crippen LogP contribution in [0.2, 0.25) is 0 Å². The molecule has 1 aliphatic heterocycles. The summed E-state index contributed by atoms with van der Waals surface area (Å²) in [4.78, 5) is 30.2. The first-order valence-corrected chi connectivity index (χ1v) is 10.1. The minimum Gasteiger partial charge on any atom is -0.340 e. The van der Waals surface area contributed by atoms with Crippen molar-refractivity contribution >= 4 is 33.1 Å². The van der Waals surface area contributed by atoms with Crippen LogP contribution < -0.4 is 0 Å². The molecule has 0 N–H and O–H groups in total. The van der Waals surface area contributed by atoms with Crippen LogP contribution in [0, 0.1) is 24.0 Å². The van der Waals surface area contributed by atoms with E-state index in [-0.39, 0.29) is 24.1 Å². The normalized spacial score (nSPS) is 17.2. The number of benzene rings is 1. The van der Waals surface area contributed by atoms with Crippen molar-refractivity contribution in [3.05, 3.63) is 50.8 Å². The highest BCUT2D eigenvalue weighted by Gasteiger charge is 2.29. The number of rotatable bonds is 4. The Morgan fingerprint density at radius 1 is 1.36 bits per heavy atom. The number of carbonyl (C=O) groups is 1. The maximum atomic E-state index is 12.8. The van der Waals surface area contributed by atoms with E-state index in [1.165, 1.54) is 4.68 Å². The molecule has 1 saturated heterocycles. The number of likely N-dealkylation sites (tertiary alicyclic amines) is 1. The third-order valence-electron chi connectivity index (χ3n) is 5.24. The number of carbonyl (C=O) groups excluding carboxylic acids is 1. The van der Waals surface area contributed by atoms with E-state index in [1.54, 1.807) is 25.2 Å². The van der Waals surface area contributed by atoms with Gasteiger partial charge in [0.15, 0.2) is 0 Å². The Kier molecular flexibility index (Phi) is 4.84. The lowest BCUT2D eigenvalue weighted by molar-refractivity contribution is -0.386. The summed E-state index contributed by atoms with van der Waals surface area (Å²) < 4.78 is 2.60. The molecule has 0 aliphatic carbocycles. The van der Waals surface area contributed by atoms with Crippen molar-refractivity contribution in [2.45, 2.75) is 39.2 Å². The third kappa shape index (κ3) is 3.37. The lowest BCUT2D eigenvalue weighted by atomic mass is 9.98. The molecule has 1 aromatic carbocycles. The van der Waals surface area contributed by atoms with E-state index < -0.39 is 4.92 Å². The summed E-state index contributed by atoms with van der Waals surface area (Å²) in [6, 6.07) is 8.07. The zero-order valence-corrected chi connectivity index (χ0v) is 16.6. The van der Waals surface area contributed by atoms with E-state index >= 15 is 0 Å². The van der Waals surface area contributed by atoms with Gasteiger partial charge in [-0.2, -0.15) is 5.10 Å². The monoisotopic (exact) mass is 399 g/mol. The number of hydrogen-bond donors (Lipinski definition) is 0. The Hall–Kier alpha value is -2.81. The SMILES string of the molecule is Cc1nn(CC(=O)N2CCC[C@@H](c3nc4ccccc4s3)C2)c(C)c1[N+](=O)[O-]. The molecular weight excluding hydrogens is 378 g/mol. The molecule has 0 radical (unpaired) electrons. The fourth-order valence-electron chi connectivity index (χ4n) is 3.80. The summed E-state index contributed by atoms with van der Waals surface area (Å²) in [6.07, 6.45) is 1.93. The smallest absolute Gasteiger partial charge is 0.312 e. The number of nitro groups is 1. The zero-order valence-electron chi connectivity index (χ0n) is 15.8. The summed E-state index contributed by atoms with van der Waals surface area (Å²) in [5, 5.41) is 16.4. The second-order valence-electron chi connectivity index (χ2n) is 7.13. The van der Waals surface area contributed by atoms with Gasteiger partial charge in [-0.3, -0.25) is 19.6 Å². The van der Waals surface area contributed by atoms with Gasteiger partial charge in [0.2, 0.25) is 5.91 Å². The van der Waals surface area contributed by atoms with Crippen LogP contribution in [0.15, 0.2) is 24.3 Å². The summed E-state index contributed by atoms with van der Waals surface area (Å²) in [5.74, 6) is 0.163. The lowest BCUT2D eigenvalue weighted by Gasteiger charge is -2.31. The predicted octanol–water partition coefficient (Wildman–Crippen LogP) is 3.42. The van der Waals surface area contributed by atoms with Crippen molar-refractivity contribution in [2.24, 2.45) is 0 Å². The van der Waals surface area contributed by atoms with Gasteiger partial charge in [-0.15, -0.1) is 11.3 Å². The van der Waals surface area contributed by atoms with Crippen LogP contribution in [0.1, 0.15) is 35.2 Å². The molecule has 1 amide bonds. The number of nitrogens with zero attached hydrogens (tertiary/aromatic N) is 5. The second kappa shape index (κ2) is 7.31. The van der Waals surface area contributed by atoms with Gasteiger partial charge in [0.25, 0.3) is 0 Å². The van der Waals surface area contributed by atoms with Gasteiger partial charge >= 0.3 is 5.69 Å². The van der Waals surface area contributed by atoms with Crippen molar-refractivity contribution < 1.29 is 9.72 Å². The van der Waals surface area contributed by atoms with E-state index in [0.29, 0.717) is 24.5 Å². The van der Waals surface area contributed by atoms with E-state index in [0.717, 1.165) is 28.1 Å². The summed E-state index contributed by atoms with van der Waals surface area (Å²) in [5.41, 5.74) is 1.73. The Morgan fingerprint density at radius 3 is 2.86 bits per heavy atom. The summed E-state index contributed by atoms with van der Waals surface area (Å²) in [6.45, 7) is 4.57. The van der Waals surface area contributed by atoms with Crippen LogP contribution in [0.5, 0.6) is 0 Å². The molecule has 9 heteroatoms. The molecule has 0 bridgehead atoms. The van der Waals surface area contributed by atoms with Crippen molar-refractivity contribution in [3.8, 4) is 0 Å². The van der Waals surface area contributed by atoms with Gasteiger partial charge < -0.3 is 4.90 Å². The molecule has 8 nitrogen and oxygen atoms in total. The Bertz CT molecular complexity index is 1020. The molecule has 3 aromatic rings. The topological polar surface area (TPSA) is 94.2 Å². The fourth-order valence-corrected chi connectivity index (χ4v) is 4.90. The molecule has 2 aromatic heterocycles. The molecule has 0 unspecified atom stereocenters. The molecule has 146 valence electrons. The van der Waals surface area contributed by atoms with E-state index in [9.17, 15) is 14.9 Å². The standard InChI is InChI=1S/C19H21N5O3S/c1-12-18(24(26)27)13(2)23(21-12)11-17(25)22-9-5-6-14(10-22)19-20-15-7-3-4-8-16(15)28-19/h3-4,7-8,14H,5-6,9-11H2,1-2H3/t14-/m1/s1. The van der Waals surface area contributed by atoms with Crippen LogP contribution in [-0.4, -0.2) is 43.6 Å². The Labute approximate surface area is 165 Å². The van der Waals surface area contributed by atoms with Gasteiger partial charge in [-0.25, -0.2) is 4.98 Å². The average Bonchev–Trinajstić information content (AvgIpc) is 3.22. The molecule has 0 saturated carbocycles. The Balaban J connectivity index is 1.49. The zero-order chi connectivity index (χ0) is 19.8. The minimum absolute atomic E-state index is 0.0150. The molecule has 1 atom stereocenters. The maximum absolute atomic E-state index is 12.8. The second-order valence-corrected chi connectivity index (χ2v) is 8.20. The first kappa shape index (κ1) is 18.5. The first-order valence-electron chi connectivity index (χ1n) is 9.25. The highest BCUT2D eigenvalue weighted by atomic mass is 32.1. The van der Waals surface area contributed by atoms with E-state index in [2.05, 4.69) is 11.2 Å². The van der Waals surface area contributed by atoms with Crippen molar-refractivity contribution in [2.75, 3.05) is 13.1 Å². The minimum atomic E-state index is -0.442.